The lowest BCUT2D eigenvalue weighted by molar-refractivity contribution is -0.127. The Morgan fingerprint density at radius 1 is 0.442 bits per heavy atom. The SMILES string of the molecule is CC(C)(N)C(=O)N[C@H](COCc1ccccc1)c1ncc2cccc(COC(=O)NCCCO)n12.CC(C)(N)C(=O)N[C@H](COCc1ccccc1)c1nnc2cccc(COC(=O)N3CC[C@@H](O)C3)n12.CC(C)(N)C(=O)N[C@H](COCc1ccccc1)c1nnc2n1CCN(C(=O)OCc1cccc3ccccc13)C2.Cc1ccc2nnc([C@@H](COCc3ccccc3)NC(=O)C(C)(C)N)n2n1. The number of aromatic nitrogens is 12. The minimum absolute atomic E-state index is 0.0143. The van der Waals surface area contributed by atoms with Gasteiger partial charge in [0.2, 0.25) is 23.6 Å². The zero-order valence-electron chi connectivity index (χ0n) is 79.0. The Hall–Kier alpha value is -14.1. The number of likely N-dealkylation sites (tertiary alicyclic amines) is 1. The standard InChI is InChI=1S/C30H34N6O4.C25H32N6O5.C25H33N5O5.C19H24N6O2/c1-30(2,31)28(37)32-25(20-39-18-21-9-4-3-5-10-21)27-34-33-26-17-35(15-16-36(26)27)29(38)40-19-23-13-8-12-22-11-6-7-14-24(22)23;1-25(2,26)23(33)27-20(16-35-14-17-7-4-3-5-8-17)22-29-28-21-10-6-9-18(31(21)22)15-36-24(34)30-12-11-19(32)13-30;1-25(2,26)23(32)29-21(17-34-15-18-8-4-3-5-9-18)22-28-14-19-10-6-11-20(30(19)22)16-35-24(33)27-12-7-13-31;1-13-9-10-16-22-23-17(25(16)24-13)15(21-18(26)19(2,3)20)12-27-11-14-7-5-4-6-8-14/h3-14,25H,15-20,31H2,1-2H3,(H,32,37);3-10,19-20,32H,11-16,26H2,1-2H3,(H,27,33);3-6,8-11,14,21,31H,7,12-13,15-17,26H2,1-2H3,(H,27,33)(H,29,32);4-10,15H,11-12,20H2,1-3H3,(H,21,26)/t25-;19-,20-;21-;15-/m1111/s1. The van der Waals surface area contributed by atoms with Gasteiger partial charge in [-0.15, -0.1) is 30.6 Å². The molecule has 15 rings (SSSR count). The van der Waals surface area contributed by atoms with Crippen molar-refractivity contribution in [3.63, 3.8) is 0 Å². The van der Waals surface area contributed by atoms with Crippen LogP contribution in [0.3, 0.4) is 0 Å². The Bertz CT molecular complexity index is 6170. The first-order valence-corrected chi connectivity index (χ1v) is 45.4. The third kappa shape index (κ3) is 29.5. The molecule has 1 fully saturated rings. The van der Waals surface area contributed by atoms with Crippen LogP contribution in [0.2, 0.25) is 0 Å². The number of nitrogens with zero attached hydrogens (tertiary/aromatic N) is 14. The first kappa shape index (κ1) is 103. The number of aliphatic hydroxyl groups excluding tert-OH is 2. The minimum Gasteiger partial charge on any atom is -0.445 e. The van der Waals surface area contributed by atoms with Crippen LogP contribution in [0.4, 0.5) is 14.4 Å². The number of alkyl carbamates (subject to hydrolysis) is 1. The van der Waals surface area contributed by atoms with Gasteiger partial charge in [0.05, 0.1) is 116 Å². The number of nitrogens with one attached hydrogen (secondary N) is 5. The number of β-amino-alcohol motifs (C(OH)–C–C–N with tert-alkyl or cyclic N) is 1. The van der Waals surface area contributed by atoms with Gasteiger partial charge >= 0.3 is 18.3 Å². The van der Waals surface area contributed by atoms with Gasteiger partial charge in [-0.3, -0.25) is 32.9 Å². The predicted octanol–water partition coefficient (Wildman–Crippen LogP) is 8.84. The number of aliphatic hydroxyl groups is 2. The molecule has 9 heterocycles. The van der Waals surface area contributed by atoms with Gasteiger partial charge in [0.25, 0.3) is 0 Å². The lowest BCUT2D eigenvalue weighted by atomic mass is 10.1. The molecule has 0 radical (unpaired) electrons. The number of carbonyl (C=O) groups excluding carboxylic acids is 7. The second-order valence-corrected chi connectivity index (χ2v) is 35.7. The number of amides is 7. The summed E-state index contributed by atoms with van der Waals surface area (Å²) in [5, 5.41) is 65.1. The molecule has 2 aliphatic rings. The van der Waals surface area contributed by atoms with E-state index in [9.17, 15) is 38.7 Å². The number of nitrogens with two attached hydrogens (primary N) is 4. The average molecular weight is 1890 g/mol. The first-order valence-electron chi connectivity index (χ1n) is 45.4. The Labute approximate surface area is 799 Å². The predicted molar refractivity (Wildman–Crippen MR) is 512 cm³/mol. The van der Waals surface area contributed by atoms with E-state index >= 15 is 0 Å². The minimum atomic E-state index is -1.11. The van der Waals surface area contributed by atoms with Gasteiger partial charge in [-0.2, -0.15) is 9.61 Å². The molecule has 7 aromatic heterocycles. The van der Waals surface area contributed by atoms with Crippen molar-refractivity contribution in [1.82, 2.24) is 94.9 Å². The van der Waals surface area contributed by atoms with E-state index in [1.165, 1.54) is 4.90 Å². The van der Waals surface area contributed by atoms with Gasteiger partial charge in [-0.1, -0.05) is 176 Å². The number of fused-ring (bicyclic) bond motifs is 5. The molecule has 15 N–H and O–H groups in total. The van der Waals surface area contributed by atoms with Crippen LogP contribution in [0, 0.1) is 6.92 Å². The lowest BCUT2D eigenvalue weighted by Crippen LogP contribution is -2.51. The Balaban J connectivity index is 0.000000166. The molecule has 138 heavy (non-hydrogen) atoms. The molecule has 2 aliphatic heterocycles. The largest absolute Gasteiger partial charge is 0.445 e. The highest BCUT2D eigenvalue weighted by Crippen LogP contribution is 2.27. The second kappa shape index (κ2) is 48.6. The number of hydrogen-bond acceptors (Lipinski definition) is 28. The normalized spacial score (nSPS) is 14.1. The molecule has 730 valence electrons. The van der Waals surface area contributed by atoms with Gasteiger partial charge in [0.1, 0.15) is 49.8 Å². The Kier molecular flexibility index (Phi) is 36.2. The fraction of sp³-hybridized carbons (Fsp3) is 0.384. The fourth-order valence-corrected chi connectivity index (χ4v) is 14.4. The number of hydrogen-bond donors (Lipinski definition) is 11. The second-order valence-electron chi connectivity index (χ2n) is 35.7. The first-order chi connectivity index (χ1) is 66.1. The van der Waals surface area contributed by atoms with Crippen molar-refractivity contribution < 1.29 is 76.9 Å². The highest BCUT2D eigenvalue weighted by Gasteiger charge is 2.36. The summed E-state index contributed by atoms with van der Waals surface area (Å²) in [6.07, 6.45) is 0.629. The molecule has 0 aliphatic carbocycles. The summed E-state index contributed by atoms with van der Waals surface area (Å²) >= 11 is 0. The van der Waals surface area contributed by atoms with Crippen molar-refractivity contribution in [2.24, 2.45) is 22.9 Å². The molecule has 0 saturated carbocycles. The molecule has 39 nitrogen and oxygen atoms in total. The van der Waals surface area contributed by atoms with Crippen molar-refractivity contribution in [1.29, 1.82) is 0 Å². The van der Waals surface area contributed by atoms with E-state index in [0.29, 0.717) is 117 Å². The number of imidazole rings is 1. The highest BCUT2D eigenvalue weighted by molar-refractivity contribution is 5.88. The van der Waals surface area contributed by atoms with E-state index < -0.39 is 70.7 Å². The molecule has 1 saturated heterocycles. The van der Waals surface area contributed by atoms with Gasteiger partial charge in [0.15, 0.2) is 34.6 Å². The van der Waals surface area contributed by atoms with E-state index in [0.717, 1.165) is 49.8 Å². The molecule has 7 amide bonds. The number of ether oxygens (including phenoxy) is 7. The van der Waals surface area contributed by atoms with Crippen LogP contribution in [0.5, 0.6) is 0 Å². The van der Waals surface area contributed by atoms with Crippen LogP contribution >= 0.6 is 0 Å². The molecule has 13 aromatic rings. The lowest BCUT2D eigenvalue weighted by Gasteiger charge is -2.29. The number of benzene rings is 6. The number of rotatable bonds is 37. The van der Waals surface area contributed by atoms with Crippen LogP contribution < -0.4 is 49.5 Å². The topological polar surface area (TPSA) is 517 Å². The monoisotopic (exact) mass is 1890 g/mol. The van der Waals surface area contributed by atoms with Gasteiger partial charge < -0.3 is 102 Å². The van der Waals surface area contributed by atoms with E-state index in [1.54, 1.807) is 93.6 Å². The summed E-state index contributed by atoms with van der Waals surface area (Å²) < 4.78 is 47.3. The molecule has 0 spiro atoms. The molecule has 0 unspecified atom stereocenters. The van der Waals surface area contributed by atoms with Crippen LogP contribution in [0.15, 0.2) is 219 Å². The fourth-order valence-electron chi connectivity index (χ4n) is 14.4. The Morgan fingerprint density at radius 2 is 0.891 bits per heavy atom. The van der Waals surface area contributed by atoms with Crippen molar-refractivity contribution >= 4 is 69.5 Å². The van der Waals surface area contributed by atoms with Crippen LogP contribution in [0.25, 0.3) is 27.6 Å². The molecule has 5 atom stereocenters. The van der Waals surface area contributed by atoms with Crippen molar-refractivity contribution in [3.05, 3.63) is 293 Å². The molecule has 6 aromatic carbocycles. The maximum atomic E-state index is 12.9. The third-order valence-corrected chi connectivity index (χ3v) is 22.0. The number of aryl methyl sites for hydroxylation is 1. The summed E-state index contributed by atoms with van der Waals surface area (Å²) in [7, 11) is 0. The van der Waals surface area contributed by atoms with E-state index in [4.69, 9.17) is 61.2 Å². The number of pyridine rings is 2. The quantitative estimate of drug-likeness (QED) is 0.0128. The highest BCUT2D eigenvalue weighted by atomic mass is 16.6. The summed E-state index contributed by atoms with van der Waals surface area (Å²) in [5.41, 5.74) is 28.7. The van der Waals surface area contributed by atoms with E-state index in [-0.39, 0.29) is 89.6 Å². The van der Waals surface area contributed by atoms with E-state index in [1.807, 2.05) is 210 Å². The van der Waals surface area contributed by atoms with Gasteiger partial charge in [-0.05, 0) is 150 Å². The smallest absolute Gasteiger partial charge is 0.410 e. The van der Waals surface area contributed by atoms with Crippen molar-refractivity contribution in [2.75, 3.05) is 59.2 Å². The van der Waals surface area contributed by atoms with Crippen LogP contribution in [-0.4, -0.2) is 208 Å². The summed E-state index contributed by atoms with van der Waals surface area (Å²) in [4.78, 5) is 95.7. The maximum Gasteiger partial charge on any atom is 0.410 e. The molecule has 39 heteroatoms. The van der Waals surface area contributed by atoms with Crippen LogP contribution in [0.1, 0.15) is 166 Å². The van der Waals surface area contributed by atoms with Crippen molar-refractivity contribution in [2.45, 2.75) is 187 Å². The van der Waals surface area contributed by atoms with Gasteiger partial charge in [-0.25, -0.2) is 19.4 Å². The third-order valence-electron chi connectivity index (χ3n) is 22.0. The molecule has 0 bridgehead atoms. The van der Waals surface area contributed by atoms with Gasteiger partial charge in [0, 0.05) is 39.3 Å². The molecular formula is C99H123N23O16. The average Bonchev–Trinajstić information content (AvgIpc) is 1.64. The zero-order chi connectivity index (χ0) is 98.5. The maximum absolute atomic E-state index is 12.9. The van der Waals surface area contributed by atoms with Crippen molar-refractivity contribution in [3.8, 4) is 0 Å². The van der Waals surface area contributed by atoms with E-state index in [2.05, 4.69) is 67.3 Å². The summed E-state index contributed by atoms with van der Waals surface area (Å²) in [6.45, 7) is 19.4. The summed E-state index contributed by atoms with van der Waals surface area (Å²) in [5.74, 6) is 1.28. The summed E-state index contributed by atoms with van der Waals surface area (Å²) in [6, 6.07) is 65.2. The Morgan fingerprint density at radius 3 is 1.42 bits per heavy atom. The van der Waals surface area contributed by atoms with Crippen LogP contribution in [-0.2, 0) is 112 Å². The zero-order valence-corrected chi connectivity index (χ0v) is 79.0. The molecular weight excluding hydrogens is 1770 g/mol. The number of carbonyl (C=O) groups is 7.